The van der Waals surface area contributed by atoms with E-state index in [9.17, 15) is 8.42 Å². The van der Waals surface area contributed by atoms with Crippen LogP contribution in [0.15, 0.2) is 53.7 Å². The molecule has 2 fully saturated rings. The number of sulfonamides is 1. The van der Waals surface area contributed by atoms with Crippen LogP contribution in [0.3, 0.4) is 0 Å². The van der Waals surface area contributed by atoms with Gasteiger partial charge in [0.25, 0.3) is 0 Å². The number of piperidine rings is 1. The highest BCUT2D eigenvalue weighted by Crippen LogP contribution is 2.38. The maximum atomic E-state index is 15.1. The normalized spacial score (nSPS) is 24.7. The van der Waals surface area contributed by atoms with Crippen molar-refractivity contribution in [1.82, 2.24) is 4.31 Å². The van der Waals surface area contributed by atoms with Crippen LogP contribution >= 0.6 is 0 Å². The van der Waals surface area contributed by atoms with Gasteiger partial charge < -0.3 is 15.8 Å². The minimum Gasteiger partial charge on any atom is -0.409 e. The van der Waals surface area contributed by atoms with Crippen molar-refractivity contribution >= 4 is 21.5 Å². The van der Waals surface area contributed by atoms with E-state index in [1.54, 1.807) is 6.07 Å². The number of hydrogen-bond donors (Lipinski definition) is 2. The van der Waals surface area contributed by atoms with Crippen LogP contribution in [0.5, 0.6) is 0 Å². The molecular formula is C24H31FN4O3S. The fourth-order valence-electron chi connectivity index (χ4n) is 4.90. The Morgan fingerprint density at radius 2 is 1.82 bits per heavy atom. The number of amidine groups is 1. The van der Waals surface area contributed by atoms with Crippen molar-refractivity contribution in [3.8, 4) is 0 Å². The van der Waals surface area contributed by atoms with E-state index in [1.165, 1.54) is 10.4 Å². The minimum absolute atomic E-state index is 0.0184. The summed E-state index contributed by atoms with van der Waals surface area (Å²) >= 11 is 0. The quantitative estimate of drug-likeness (QED) is 0.297. The van der Waals surface area contributed by atoms with E-state index in [4.69, 9.17) is 10.9 Å². The van der Waals surface area contributed by atoms with E-state index < -0.39 is 21.1 Å². The number of nitrogens with zero attached hydrogens (tertiary/aromatic N) is 3. The molecule has 2 aromatic rings. The topological polar surface area (TPSA) is 99.2 Å². The molecule has 178 valence electrons. The highest BCUT2D eigenvalue weighted by molar-refractivity contribution is 7.89. The zero-order valence-corrected chi connectivity index (χ0v) is 19.6. The van der Waals surface area contributed by atoms with Crippen LogP contribution in [0.25, 0.3) is 0 Å². The molecule has 2 aliphatic heterocycles. The van der Waals surface area contributed by atoms with Gasteiger partial charge in [-0.05, 0) is 50.3 Å². The van der Waals surface area contributed by atoms with Crippen molar-refractivity contribution in [2.45, 2.75) is 50.4 Å². The van der Waals surface area contributed by atoms with Gasteiger partial charge in [0.1, 0.15) is 16.9 Å². The molecule has 0 bridgehead atoms. The van der Waals surface area contributed by atoms with Crippen molar-refractivity contribution in [2.75, 3.05) is 18.0 Å². The zero-order valence-electron chi connectivity index (χ0n) is 18.8. The lowest BCUT2D eigenvalue weighted by atomic mass is 9.95. The highest BCUT2D eigenvalue weighted by atomic mass is 32.2. The lowest BCUT2D eigenvalue weighted by Crippen LogP contribution is -2.44. The van der Waals surface area contributed by atoms with Crippen molar-refractivity contribution in [2.24, 2.45) is 16.8 Å². The maximum Gasteiger partial charge on any atom is 0.221 e. The van der Waals surface area contributed by atoms with Crippen LogP contribution in [-0.2, 0) is 16.6 Å². The summed E-state index contributed by atoms with van der Waals surface area (Å²) < 4.78 is 43.4. The molecular weight excluding hydrogens is 443 g/mol. The second-order valence-corrected chi connectivity index (χ2v) is 11.0. The van der Waals surface area contributed by atoms with E-state index in [-0.39, 0.29) is 24.3 Å². The predicted octanol–water partition coefficient (Wildman–Crippen LogP) is 3.84. The monoisotopic (exact) mass is 474 g/mol. The van der Waals surface area contributed by atoms with E-state index in [1.807, 2.05) is 43.3 Å². The molecule has 7 nitrogen and oxygen atoms in total. The van der Waals surface area contributed by atoms with Gasteiger partial charge in [-0.3, -0.25) is 0 Å². The van der Waals surface area contributed by atoms with Crippen LogP contribution in [0.4, 0.5) is 10.1 Å². The molecule has 0 saturated carbocycles. The lowest BCUT2D eigenvalue weighted by Gasteiger charge is -2.37. The summed E-state index contributed by atoms with van der Waals surface area (Å²) in [5.74, 6) is -0.143. The summed E-state index contributed by atoms with van der Waals surface area (Å²) in [5.41, 5.74) is 7.62. The number of benzene rings is 2. The van der Waals surface area contributed by atoms with Gasteiger partial charge in [0.05, 0.1) is 0 Å². The zero-order chi connectivity index (χ0) is 23.6. The molecule has 0 spiro atoms. The summed E-state index contributed by atoms with van der Waals surface area (Å²) in [6.07, 6.45) is 2.74. The van der Waals surface area contributed by atoms with Gasteiger partial charge >= 0.3 is 0 Å². The van der Waals surface area contributed by atoms with Gasteiger partial charge in [0.15, 0.2) is 0 Å². The molecule has 2 aliphatic rings. The number of halogens is 1. The number of anilines is 1. The summed E-state index contributed by atoms with van der Waals surface area (Å²) in [4.78, 5) is 2.07. The summed E-state index contributed by atoms with van der Waals surface area (Å²) in [5, 5.41) is 11.4. The number of rotatable bonds is 5. The standard InChI is InChI=1S/C24H31FN4O3S/c1-17-7-10-23(18-5-3-2-4-6-18)33(31,32)29(17)16-20-8-9-21(15-22(20)25)28-13-11-19(12-14-28)24(26)27-30/h2-6,8-9,15,17,19,23,30H,7,10-14,16H2,1H3,(H2,26,27)/t17-,23?/m0/s1. The van der Waals surface area contributed by atoms with E-state index >= 15 is 4.39 Å². The maximum absolute atomic E-state index is 15.1. The van der Waals surface area contributed by atoms with Crippen molar-refractivity contribution in [1.29, 1.82) is 0 Å². The van der Waals surface area contributed by atoms with Crippen LogP contribution in [0.1, 0.15) is 49.0 Å². The first-order valence-corrected chi connectivity index (χ1v) is 12.9. The molecule has 3 N–H and O–H groups in total. The molecule has 0 amide bonds. The second-order valence-electron chi connectivity index (χ2n) is 8.98. The SMILES string of the molecule is C[C@H]1CCC(c2ccccc2)S(=O)(=O)N1Cc1ccc(N2CCC(/C(N)=N/O)CC2)cc1F. The minimum atomic E-state index is -3.62. The molecule has 1 unspecified atom stereocenters. The molecule has 9 heteroatoms. The first-order valence-electron chi connectivity index (χ1n) is 11.4. The Morgan fingerprint density at radius 1 is 1.12 bits per heavy atom. The first-order chi connectivity index (χ1) is 15.8. The molecule has 0 radical (unpaired) electrons. The Balaban J connectivity index is 1.49. The first kappa shape index (κ1) is 23.5. The van der Waals surface area contributed by atoms with Crippen molar-refractivity contribution in [3.05, 3.63) is 65.5 Å². The Morgan fingerprint density at radius 3 is 2.45 bits per heavy atom. The Kier molecular flexibility index (Phi) is 6.90. The predicted molar refractivity (Wildman–Crippen MR) is 127 cm³/mol. The van der Waals surface area contributed by atoms with Crippen LogP contribution in [0.2, 0.25) is 0 Å². The number of oxime groups is 1. The fraction of sp³-hybridized carbons (Fsp3) is 0.458. The summed E-state index contributed by atoms with van der Waals surface area (Å²) in [6, 6.07) is 14.1. The molecule has 2 saturated heterocycles. The third kappa shape index (κ3) is 4.84. The lowest BCUT2D eigenvalue weighted by molar-refractivity contribution is 0.279. The average molecular weight is 475 g/mol. The summed E-state index contributed by atoms with van der Waals surface area (Å²) in [6.45, 7) is 3.26. The Labute approximate surface area is 194 Å². The molecule has 2 aromatic carbocycles. The summed E-state index contributed by atoms with van der Waals surface area (Å²) in [7, 11) is -3.62. The average Bonchev–Trinajstić information content (AvgIpc) is 2.82. The van der Waals surface area contributed by atoms with Gasteiger partial charge in [-0.15, -0.1) is 0 Å². The Bertz CT molecular complexity index is 1100. The molecule has 4 rings (SSSR count). The molecule has 33 heavy (non-hydrogen) atoms. The van der Waals surface area contributed by atoms with E-state index in [0.717, 1.165) is 30.5 Å². The van der Waals surface area contributed by atoms with Gasteiger partial charge in [-0.2, -0.15) is 4.31 Å². The van der Waals surface area contributed by atoms with Crippen molar-refractivity contribution in [3.63, 3.8) is 0 Å². The van der Waals surface area contributed by atoms with Crippen molar-refractivity contribution < 1.29 is 18.0 Å². The Hall–Kier alpha value is -2.65. The smallest absolute Gasteiger partial charge is 0.221 e. The number of hydrogen-bond acceptors (Lipinski definition) is 5. The molecule has 2 atom stereocenters. The molecule has 0 aromatic heterocycles. The second kappa shape index (κ2) is 9.69. The highest BCUT2D eigenvalue weighted by Gasteiger charge is 2.40. The number of nitrogens with two attached hydrogens (primary N) is 1. The fourth-order valence-corrected chi connectivity index (χ4v) is 7.08. The van der Waals surface area contributed by atoms with E-state index in [0.29, 0.717) is 25.1 Å². The van der Waals surface area contributed by atoms with Crippen LogP contribution in [-0.4, -0.2) is 42.9 Å². The van der Waals surface area contributed by atoms with Gasteiger partial charge in [0, 0.05) is 42.8 Å². The van der Waals surface area contributed by atoms with Crippen LogP contribution < -0.4 is 10.6 Å². The van der Waals surface area contributed by atoms with Gasteiger partial charge in [0.2, 0.25) is 10.0 Å². The van der Waals surface area contributed by atoms with Gasteiger partial charge in [-0.25, -0.2) is 12.8 Å². The van der Waals surface area contributed by atoms with Gasteiger partial charge in [-0.1, -0.05) is 41.6 Å². The third-order valence-corrected chi connectivity index (χ3v) is 9.32. The van der Waals surface area contributed by atoms with E-state index in [2.05, 4.69) is 10.1 Å². The largest absolute Gasteiger partial charge is 0.409 e. The van der Waals surface area contributed by atoms with Crippen LogP contribution in [0, 0.1) is 11.7 Å². The third-order valence-electron chi connectivity index (χ3n) is 6.95. The molecule has 0 aliphatic carbocycles. The molecule has 2 heterocycles.